The molecule has 1 amide bonds. The van der Waals surface area contributed by atoms with Gasteiger partial charge in [0.05, 0.1) is 31.0 Å². The Morgan fingerprint density at radius 1 is 1.43 bits per heavy atom. The Labute approximate surface area is 121 Å². The van der Waals surface area contributed by atoms with Gasteiger partial charge in [0.1, 0.15) is 11.6 Å². The van der Waals surface area contributed by atoms with Gasteiger partial charge in [0.2, 0.25) is 0 Å². The lowest BCUT2D eigenvalue weighted by atomic mass is 10.1. The number of furan rings is 1. The predicted octanol–water partition coefficient (Wildman–Crippen LogP) is 2.56. The number of benzene rings is 1. The minimum Gasteiger partial charge on any atom is -0.467 e. The van der Waals surface area contributed by atoms with Crippen LogP contribution in [0.3, 0.4) is 0 Å². The molecule has 0 aliphatic heterocycles. The largest absolute Gasteiger partial charge is 0.467 e. The topological polar surface area (TPSA) is 83.3 Å². The Morgan fingerprint density at radius 3 is 2.86 bits per heavy atom. The summed E-state index contributed by atoms with van der Waals surface area (Å²) in [6.45, 7) is 0.460. The van der Waals surface area contributed by atoms with Crippen molar-refractivity contribution in [1.82, 2.24) is 4.90 Å². The van der Waals surface area contributed by atoms with Gasteiger partial charge < -0.3 is 15.1 Å². The van der Waals surface area contributed by atoms with Gasteiger partial charge >= 0.3 is 0 Å². The van der Waals surface area contributed by atoms with E-state index in [4.69, 9.17) is 15.4 Å². The van der Waals surface area contributed by atoms with Crippen LogP contribution in [0.5, 0.6) is 0 Å². The van der Waals surface area contributed by atoms with Crippen LogP contribution in [0, 0.1) is 17.1 Å². The van der Waals surface area contributed by atoms with Crippen molar-refractivity contribution in [1.29, 1.82) is 5.26 Å². The molecule has 0 aliphatic carbocycles. The summed E-state index contributed by atoms with van der Waals surface area (Å²) in [5.74, 6) is -0.420. The molecule has 0 unspecified atom stereocenters. The van der Waals surface area contributed by atoms with E-state index in [9.17, 15) is 9.18 Å². The Morgan fingerprint density at radius 2 is 2.24 bits per heavy atom. The third-order valence-electron chi connectivity index (χ3n) is 2.95. The van der Waals surface area contributed by atoms with E-state index in [1.807, 2.05) is 6.07 Å². The summed E-state index contributed by atoms with van der Waals surface area (Å²) < 4.78 is 18.7. The van der Waals surface area contributed by atoms with Crippen molar-refractivity contribution < 1.29 is 13.6 Å². The summed E-state index contributed by atoms with van der Waals surface area (Å²) in [5, 5.41) is 8.69. The molecule has 6 heteroatoms. The first-order valence-corrected chi connectivity index (χ1v) is 6.35. The molecule has 2 rings (SSSR count). The van der Waals surface area contributed by atoms with Crippen LogP contribution in [0.2, 0.25) is 0 Å². The van der Waals surface area contributed by atoms with Gasteiger partial charge in [-0.25, -0.2) is 4.39 Å². The van der Waals surface area contributed by atoms with Crippen molar-refractivity contribution in [2.75, 3.05) is 12.3 Å². The molecule has 2 N–H and O–H groups in total. The summed E-state index contributed by atoms with van der Waals surface area (Å²) >= 11 is 0. The van der Waals surface area contributed by atoms with E-state index in [2.05, 4.69) is 0 Å². The number of rotatable bonds is 5. The van der Waals surface area contributed by atoms with Crippen molar-refractivity contribution >= 4 is 11.6 Å². The van der Waals surface area contributed by atoms with Gasteiger partial charge in [-0.05, 0) is 30.3 Å². The Balaban J connectivity index is 2.20. The van der Waals surface area contributed by atoms with Crippen molar-refractivity contribution in [3.63, 3.8) is 0 Å². The second kappa shape index (κ2) is 6.57. The van der Waals surface area contributed by atoms with Crippen LogP contribution >= 0.6 is 0 Å². The first kappa shape index (κ1) is 14.6. The summed E-state index contributed by atoms with van der Waals surface area (Å²) in [6.07, 6.45) is 1.69. The number of nitrogens with zero attached hydrogens (tertiary/aromatic N) is 2. The molecule has 0 radical (unpaired) electrons. The number of nitrogen functional groups attached to an aromatic ring is 1. The normalized spacial score (nSPS) is 10.1. The molecule has 5 nitrogen and oxygen atoms in total. The lowest BCUT2D eigenvalue weighted by Gasteiger charge is -2.20. The number of halogens is 1. The quantitative estimate of drug-likeness (QED) is 0.857. The minimum absolute atomic E-state index is 0.0128. The summed E-state index contributed by atoms with van der Waals surface area (Å²) in [6, 6.07) is 9.33. The lowest BCUT2D eigenvalue weighted by molar-refractivity contribution is 0.0735. The second-order valence-corrected chi connectivity index (χ2v) is 4.45. The number of carbonyl (C=O) groups excluding carboxylic acids is 1. The van der Waals surface area contributed by atoms with E-state index in [0.29, 0.717) is 5.76 Å². The zero-order chi connectivity index (χ0) is 15.2. The van der Waals surface area contributed by atoms with Gasteiger partial charge in [0, 0.05) is 12.1 Å². The van der Waals surface area contributed by atoms with Crippen LogP contribution in [0.25, 0.3) is 0 Å². The third-order valence-corrected chi connectivity index (χ3v) is 2.95. The van der Waals surface area contributed by atoms with E-state index in [1.54, 1.807) is 12.1 Å². The molecule has 1 aromatic heterocycles. The maximum Gasteiger partial charge on any atom is 0.254 e. The number of hydrogen-bond acceptors (Lipinski definition) is 4. The fourth-order valence-electron chi connectivity index (χ4n) is 1.87. The lowest BCUT2D eigenvalue weighted by Crippen LogP contribution is -2.31. The molecule has 1 heterocycles. The smallest absolute Gasteiger partial charge is 0.254 e. The van der Waals surface area contributed by atoms with Gasteiger partial charge in [0.25, 0.3) is 5.91 Å². The summed E-state index contributed by atoms with van der Waals surface area (Å²) in [7, 11) is 0. The van der Waals surface area contributed by atoms with Crippen LogP contribution in [0.1, 0.15) is 22.5 Å². The summed E-state index contributed by atoms with van der Waals surface area (Å²) in [4.78, 5) is 13.8. The predicted molar refractivity (Wildman–Crippen MR) is 74.5 cm³/mol. The molecular formula is C15H14FN3O2. The Bertz CT molecular complexity index is 662. The number of nitrogens with two attached hydrogens (primary N) is 1. The molecule has 0 atom stereocenters. The minimum atomic E-state index is -0.640. The van der Waals surface area contributed by atoms with Crippen LogP contribution in [-0.2, 0) is 6.54 Å². The Kier molecular flexibility index (Phi) is 4.57. The van der Waals surface area contributed by atoms with E-state index in [1.165, 1.54) is 23.3 Å². The number of anilines is 1. The van der Waals surface area contributed by atoms with E-state index >= 15 is 0 Å². The first-order valence-electron chi connectivity index (χ1n) is 6.35. The van der Waals surface area contributed by atoms with Gasteiger partial charge in [-0.1, -0.05) is 0 Å². The number of hydrogen-bond donors (Lipinski definition) is 1. The molecular weight excluding hydrogens is 273 g/mol. The van der Waals surface area contributed by atoms with Gasteiger partial charge in [-0.15, -0.1) is 0 Å². The molecule has 0 fully saturated rings. The van der Waals surface area contributed by atoms with Crippen molar-refractivity contribution in [2.45, 2.75) is 13.0 Å². The van der Waals surface area contributed by atoms with E-state index in [0.717, 1.165) is 6.07 Å². The average molecular weight is 287 g/mol. The highest BCUT2D eigenvalue weighted by Crippen LogP contribution is 2.16. The molecule has 108 valence electrons. The highest BCUT2D eigenvalue weighted by Gasteiger charge is 2.18. The zero-order valence-electron chi connectivity index (χ0n) is 11.3. The van der Waals surface area contributed by atoms with Crippen LogP contribution in [-0.4, -0.2) is 17.4 Å². The van der Waals surface area contributed by atoms with Gasteiger partial charge in [-0.3, -0.25) is 4.79 Å². The van der Waals surface area contributed by atoms with Crippen LogP contribution < -0.4 is 5.73 Å². The molecule has 1 aromatic carbocycles. The highest BCUT2D eigenvalue weighted by atomic mass is 19.1. The van der Waals surface area contributed by atoms with Crippen molar-refractivity contribution in [3.05, 3.63) is 53.7 Å². The van der Waals surface area contributed by atoms with Crippen molar-refractivity contribution in [3.8, 4) is 6.07 Å². The molecule has 0 saturated heterocycles. The second-order valence-electron chi connectivity index (χ2n) is 4.45. The SMILES string of the molecule is N#CCCN(Cc1ccco1)C(=O)c1ccc(N)c(F)c1. The highest BCUT2D eigenvalue weighted by molar-refractivity contribution is 5.94. The molecule has 0 spiro atoms. The molecule has 0 saturated carbocycles. The molecule has 2 aromatic rings. The third kappa shape index (κ3) is 3.60. The maximum atomic E-state index is 13.5. The molecule has 21 heavy (non-hydrogen) atoms. The monoisotopic (exact) mass is 287 g/mol. The van der Waals surface area contributed by atoms with E-state index < -0.39 is 5.82 Å². The number of amides is 1. The molecule has 0 aliphatic rings. The standard InChI is InChI=1S/C15H14FN3O2/c16-13-9-11(4-5-14(13)18)15(20)19(7-2-6-17)10-12-3-1-8-21-12/h1,3-5,8-9H,2,7,10,18H2. The van der Waals surface area contributed by atoms with Gasteiger partial charge in [-0.2, -0.15) is 5.26 Å². The fraction of sp³-hybridized carbons (Fsp3) is 0.200. The maximum absolute atomic E-state index is 13.5. The van der Waals surface area contributed by atoms with Crippen LogP contribution in [0.15, 0.2) is 41.0 Å². The van der Waals surface area contributed by atoms with Crippen molar-refractivity contribution in [2.24, 2.45) is 0 Å². The zero-order valence-corrected chi connectivity index (χ0v) is 11.3. The van der Waals surface area contributed by atoms with Gasteiger partial charge in [0.15, 0.2) is 0 Å². The van der Waals surface area contributed by atoms with Crippen LogP contribution in [0.4, 0.5) is 10.1 Å². The first-order chi connectivity index (χ1) is 10.1. The van der Waals surface area contributed by atoms with E-state index in [-0.39, 0.29) is 36.7 Å². The average Bonchev–Trinajstić information content (AvgIpc) is 2.98. The number of carbonyl (C=O) groups is 1. The Hall–Kier alpha value is -2.81. The molecule has 0 bridgehead atoms. The fourth-order valence-corrected chi connectivity index (χ4v) is 1.87. The number of nitriles is 1. The summed E-state index contributed by atoms with van der Waals surface area (Å²) in [5.41, 5.74) is 5.57.